The molecule has 1 atom stereocenters. The minimum Gasteiger partial charge on any atom is -0.338 e. The van der Waals surface area contributed by atoms with Gasteiger partial charge < -0.3 is 10.6 Å². The molecule has 0 aliphatic rings. The second-order valence-electron chi connectivity index (χ2n) is 5.05. The zero-order valence-corrected chi connectivity index (χ0v) is 13.2. The fraction of sp³-hybridized carbons (Fsp3) is 0.312. The molecular formula is C16H21N5O2. The van der Waals surface area contributed by atoms with Crippen molar-refractivity contribution in [3.63, 3.8) is 0 Å². The van der Waals surface area contributed by atoms with Crippen LogP contribution in [-0.2, 0) is 4.79 Å². The SMILES string of the molecule is CCNC(=O)NC(=O)CN[C@H](C)c1ccc(-n2cccn2)cc1. The van der Waals surface area contributed by atoms with Crippen molar-refractivity contribution in [3.05, 3.63) is 48.3 Å². The van der Waals surface area contributed by atoms with Gasteiger partial charge in [-0.25, -0.2) is 9.48 Å². The highest BCUT2D eigenvalue weighted by Crippen LogP contribution is 2.15. The fourth-order valence-corrected chi connectivity index (χ4v) is 2.08. The van der Waals surface area contributed by atoms with Gasteiger partial charge in [0.05, 0.1) is 12.2 Å². The standard InChI is InChI=1S/C16H21N5O2/c1-3-17-16(23)20-15(22)11-18-12(2)13-5-7-14(8-6-13)21-10-4-9-19-21/h4-10,12,18H,3,11H2,1-2H3,(H2,17,20,22,23)/t12-/m1/s1. The van der Waals surface area contributed by atoms with E-state index in [-0.39, 0.29) is 18.5 Å². The normalized spacial score (nSPS) is 11.7. The second kappa shape index (κ2) is 8.09. The number of carbonyl (C=O) groups excluding carboxylic acids is 2. The molecule has 122 valence electrons. The summed E-state index contributed by atoms with van der Waals surface area (Å²) in [5, 5.41) is 12.0. The van der Waals surface area contributed by atoms with E-state index >= 15 is 0 Å². The maximum atomic E-state index is 11.6. The third-order valence-corrected chi connectivity index (χ3v) is 3.32. The topological polar surface area (TPSA) is 88.0 Å². The van der Waals surface area contributed by atoms with Crippen LogP contribution in [0.4, 0.5) is 4.79 Å². The van der Waals surface area contributed by atoms with Crippen LogP contribution >= 0.6 is 0 Å². The van der Waals surface area contributed by atoms with Crippen molar-refractivity contribution >= 4 is 11.9 Å². The van der Waals surface area contributed by atoms with Gasteiger partial charge in [0.15, 0.2) is 0 Å². The number of urea groups is 1. The molecule has 0 aliphatic carbocycles. The van der Waals surface area contributed by atoms with E-state index in [1.807, 2.05) is 43.5 Å². The molecule has 0 radical (unpaired) electrons. The van der Waals surface area contributed by atoms with Gasteiger partial charge in [0, 0.05) is 25.0 Å². The van der Waals surface area contributed by atoms with Crippen molar-refractivity contribution in [1.82, 2.24) is 25.7 Å². The number of hydrogen-bond donors (Lipinski definition) is 3. The first-order valence-corrected chi connectivity index (χ1v) is 7.51. The molecule has 7 heteroatoms. The molecule has 1 aromatic carbocycles. The third kappa shape index (κ3) is 4.93. The molecule has 23 heavy (non-hydrogen) atoms. The Morgan fingerprint density at radius 2 is 2.00 bits per heavy atom. The second-order valence-corrected chi connectivity index (χ2v) is 5.05. The minimum atomic E-state index is -0.476. The monoisotopic (exact) mass is 315 g/mol. The molecule has 0 fully saturated rings. The molecule has 0 unspecified atom stereocenters. The number of rotatable bonds is 6. The molecule has 0 saturated carbocycles. The largest absolute Gasteiger partial charge is 0.338 e. The van der Waals surface area contributed by atoms with Crippen molar-refractivity contribution in [2.75, 3.05) is 13.1 Å². The van der Waals surface area contributed by atoms with Gasteiger partial charge >= 0.3 is 6.03 Å². The maximum absolute atomic E-state index is 11.6. The van der Waals surface area contributed by atoms with Crippen LogP contribution in [0.25, 0.3) is 5.69 Å². The highest BCUT2D eigenvalue weighted by Gasteiger charge is 2.10. The number of imide groups is 1. The van der Waals surface area contributed by atoms with Crippen LogP contribution < -0.4 is 16.0 Å². The van der Waals surface area contributed by atoms with Crippen LogP contribution in [0.5, 0.6) is 0 Å². The lowest BCUT2D eigenvalue weighted by molar-refractivity contribution is -0.119. The predicted octanol–water partition coefficient (Wildman–Crippen LogP) is 1.37. The number of nitrogens with zero attached hydrogens (tertiary/aromatic N) is 2. The molecule has 0 bridgehead atoms. The van der Waals surface area contributed by atoms with Crippen molar-refractivity contribution in [2.24, 2.45) is 0 Å². The molecule has 0 aliphatic heterocycles. The molecule has 2 rings (SSSR count). The first-order chi connectivity index (χ1) is 11.1. The summed E-state index contributed by atoms with van der Waals surface area (Å²) in [6.45, 7) is 4.30. The summed E-state index contributed by atoms with van der Waals surface area (Å²) in [6.07, 6.45) is 3.60. The Kier molecular flexibility index (Phi) is 5.87. The molecule has 0 saturated heterocycles. The van der Waals surface area contributed by atoms with Crippen molar-refractivity contribution in [1.29, 1.82) is 0 Å². The lowest BCUT2D eigenvalue weighted by Gasteiger charge is -2.14. The highest BCUT2D eigenvalue weighted by atomic mass is 16.2. The van der Waals surface area contributed by atoms with E-state index in [1.54, 1.807) is 17.8 Å². The molecule has 1 aromatic heterocycles. The van der Waals surface area contributed by atoms with Gasteiger partial charge in [-0.3, -0.25) is 10.1 Å². The summed E-state index contributed by atoms with van der Waals surface area (Å²) in [5.74, 6) is -0.365. The molecule has 0 spiro atoms. The molecule has 3 N–H and O–H groups in total. The zero-order chi connectivity index (χ0) is 16.7. The third-order valence-electron chi connectivity index (χ3n) is 3.32. The Morgan fingerprint density at radius 3 is 2.61 bits per heavy atom. The molecular weight excluding hydrogens is 294 g/mol. The Balaban J connectivity index is 1.85. The Labute approximate surface area is 135 Å². The van der Waals surface area contributed by atoms with Crippen molar-refractivity contribution in [3.8, 4) is 5.69 Å². The quantitative estimate of drug-likeness (QED) is 0.751. The molecule has 3 amide bonds. The number of aromatic nitrogens is 2. The van der Waals surface area contributed by atoms with E-state index in [2.05, 4.69) is 21.0 Å². The van der Waals surface area contributed by atoms with E-state index in [9.17, 15) is 9.59 Å². The molecule has 2 aromatic rings. The van der Waals surface area contributed by atoms with Gasteiger partial charge in [0.25, 0.3) is 0 Å². The summed E-state index contributed by atoms with van der Waals surface area (Å²) in [6, 6.07) is 9.28. The van der Waals surface area contributed by atoms with E-state index in [4.69, 9.17) is 0 Å². The Morgan fingerprint density at radius 1 is 1.26 bits per heavy atom. The fourth-order valence-electron chi connectivity index (χ4n) is 2.08. The van der Waals surface area contributed by atoms with Gasteiger partial charge in [-0.2, -0.15) is 5.10 Å². The van der Waals surface area contributed by atoms with E-state index in [1.165, 1.54) is 0 Å². The lowest BCUT2D eigenvalue weighted by atomic mass is 10.1. The van der Waals surface area contributed by atoms with E-state index in [0.717, 1.165) is 11.3 Å². The number of benzene rings is 1. The number of amides is 3. The van der Waals surface area contributed by atoms with Crippen LogP contribution in [0, 0.1) is 0 Å². The first-order valence-electron chi connectivity index (χ1n) is 7.51. The van der Waals surface area contributed by atoms with Crippen LogP contribution in [0.15, 0.2) is 42.7 Å². The van der Waals surface area contributed by atoms with Crippen molar-refractivity contribution in [2.45, 2.75) is 19.9 Å². The number of nitrogens with one attached hydrogen (secondary N) is 3. The summed E-state index contributed by atoms with van der Waals surface area (Å²) in [5.41, 5.74) is 2.02. The maximum Gasteiger partial charge on any atom is 0.321 e. The van der Waals surface area contributed by atoms with Crippen LogP contribution in [0.2, 0.25) is 0 Å². The van der Waals surface area contributed by atoms with Crippen molar-refractivity contribution < 1.29 is 9.59 Å². The highest BCUT2D eigenvalue weighted by molar-refractivity contribution is 5.95. The number of carbonyl (C=O) groups is 2. The van der Waals surface area contributed by atoms with Crippen LogP contribution in [0.1, 0.15) is 25.5 Å². The zero-order valence-electron chi connectivity index (χ0n) is 13.2. The summed E-state index contributed by atoms with van der Waals surface area (Å²) in [4.78, 5) is 22.9. The lowest BCUT2D eigenvalue weighted by Crippen LogP contribution is -2.43. The predicted molar refractivity (Wildman–Crippen MR) is 87.2 cm³/mol. The molecule has 1 heterocycles. The average molecular weight is 315 g/mol. The van der Waals surface area contributed by atoms with Crippen LogP contribution in [0.3, 0.4) is 0 Å². The van der Waals surface area contributed by atoms with Gasteiger partial charge in [0.1, 0.15) is 0 Å². The summed E-state index contributed by atoms with van der Waals surface area (Å²) in [7, 11) is 0. The van der Waals surface area contributed by atoms with Gasteiger partial charge in [-0.15, -0.1) is 0 Å². The smallest absolute Gasteiger partial charge is 0.321 e. The minimum absolute atomic E-state index is 0.0124. The van der Waals surface area contributed by atoms with E-state index < -0.39 is 6.03 Å². The van der Waals surface area contributed by atoms with Gasteiger partial charge in [0.2, 0.25) is 5.91 Å². The summed E-state index contributed by atoms with van der Waals surface area (Å²) < 4.78 is 1.78. The van der Waals surface area contributed by atoms with E-state index in [0.29, 0.717) is 6.54 Å². The molecule has 7 nitrogen and oxygen atoms in total. The van der Waals surface area contributed by atoms with Gasteiger partial charge in [-0.05, 0) is 37.6 Å². The first kappa shape index (κ1) is 16.7. The summed E-state index contributed by atoms with van der Waals surface area (Å²) >= 11 is 0. The average Bonchev–Trinajstić information content (AvgIpc) is 3.07. The van der Waals surface area contributed by atoms with Gasteiger partial charge in [-0.1, -0.05) is 12.1 Å². The number of hydrogen-bond acceptors (Lipinski definition) is 4. The van der Waals surface area contributed by atoms with Crippen LogP contribution in [-0.4, -0.2) is 34.8 Å². The Hall–Kier alpha value is -2.67. The Bertz CT molecular complexity index is 637.